The Balaban J connectivity index is 1.26. The molecule has 3 saturated heterocycles. The van der Waals surface area contributed by atoms with Gasteiger partial charge in [0, 0.05) is 45.4 Å². The van der Waals surface area contributed by atoms with Gasteiger partial charge in [-0.05, 0) is 36.1 Å². The first-order chi connectivity index (χ1) is 32.8. The van der Waals surface area contributed by atoms with Crippen LogP contribution in [0.3, 0.4) is 0 Å². The Bertz CT molecular complexity index is 2000. The van der Waals surface area contributed by atoms with Gasteiger partial charge in [-0.15, -0.1) is 0 Å². The fourth-order valence-electron chi connectivity index (χ4n) is 8.19. The number of aliphatic hydroxyl groups is 8. The molecule has 24 heteroatoms. The van der Waals surface area contributed by atoms with E-state index in [9.17, 15) is 69.9 Å². The normalized spacial score (nSPS) is 32.2. The summed E-state index contributed by atoms with van der Waals surface area (Å²) in [5.74, 6) is -7.20. The standard InChI is InChI=1S/C45H63N3O21/c1-22(50)47-32-27(52)18-45(44(61)62,69-40(32)34(55)28(53)19-46-41(60)26-15-13-25(14-16-26)24-10-6-4-7-11-24)65-21-30-35(56)37(58)38(59)43(67-30)68-39-29(20-49)66-42(33(36(39)57)48-23(2)51)64-17-9-5-8-12-31(54)63-3/h4,6-7,10-11,13-16,27-30,32-40,42-43,49,52-53,55-59H,5,8-9,12,17-21H2,1-3H3,(H,46,60)(H,47,50)(H,48,51)(H,61,62)/t27-,28+,29+,30+,32+,33+,34+,35-,36+,37?,38+,39+,40?,42+,43-,45+/m0/s1. The summed E-state index contributed by atoms with van der Waals surface area (Å²) in [5, 5.41) is 106. The molecule has 12 N–H and O–H groups in total. The summed E-state index contributed by atoms with van der Waals surface area (Å²) in [5.41, 5.74) is 1.94. The Labute approximate surface area is 396 Å². The van der Waals surface area contributed by atoms with Crippen LogP contribution in [0.25, 0.3) is 11.1 Å². The molecular weight excluding hydrogens is 918 g/mol. The van der Waals surface area contributed by atoms with Gasteiger partial charge < -0.3 is 95.1 Å². The lowest BCUT2D eigenvalue weighted by Gasteiger charge is -2.48. The van der Waals surface area contributed by atoms with Crippen LogP contribution in [0, 0.1) is 0 Å². The molecule has 2 aromatic carbocycles. The molecule has 0 spiro atoms. The smallest absolute Gasteiger partial charge is 0.364 e. The van der Waals surface area contributed by atoms with Crippen molar-refractivity contribution < 1.29 is 103 Å². The Morgan fingerprint density at radius 1 is 0.783 bits per heavy atom. The highest BCUT2D eigenvalue weighted by Crippen LogP contribution is 2.36. The molecule has 384 valence electrons. The third kappa shape index (κ3) is 14.2. The van der Waals surface area contributed by atoms with Crippen molar-refractivity contribution in [1.82, 2.24) is 16.0 Å². The van der Waals surface area contributed by atoms with E-state index in [4.69, 9.17) is 28.4 Å². The van der Waals surface area contributed by atoms with Gasteiger partial charge >= 0.3 is 11.9 Å². The predicted octanol–water partition coefficient (Wildman–Crippen LogP) is -3.22. The summed E-state index contributed by atoms with van der Waals surface area (Å²) in [6, 6.07) is 13.0. The van der Waals surface area contributed by atoms with E-state index >= 15 is 0 Å². The van der Waals surface area contributed by atoms with Crippen LogP contribution in [0.4, 0.5) is 0 Å². The molecule has 0 aliphatic carbocycles. The number of aliphatic carboxylic acids is 1. The largest absolute Gasteiger partial charge is 0.477 e. The van der Waals surface area contributed by atoms with Crippen molar-refractivity contribution in [2.75, 3.05) is 33.5 Å². The first kappa shape index (κ1) is 55.2. The Morgan fingerprint density at radius 3 is 2.04 bits per heavy atom. The van der Waals surface area contributed by atoms with Gasteiger partial charge in [0.05, 0.1) is 38.6 Å². The molecule has 0 aromatic heterocycles. The molecule has 5 rings (SSSR count). The minimum atomic E-state index is -2.92. The fraction of sp³-hybridized carbons (Fsp3) is 0.622. The minimum absolute atomic E-state index is 0.0467. The van der Waals surface area contributed by atoms with Crippen molar-refractivity contribution in [3.05, 3.63) is 60.2 Å². The van der Waals surface area contributed by atoms with E-state index in [0.717, 1.165) is 25.0 Å². The number of ether oxygens (including phenoxy) is 7. The number of hydrogen-bond donors (Lipinski definition) is 12. The zero-order valence-electron chi connectivity index (χ0n) is 38.1. The van der Waals surface area contributed by atoms with Gasteiger partial charge in [0.1, 0.15) is 61.0 Å². The Hall–Kier alpha value is -4.77. The number of rotatable bonds is 22. The SMILES string of the molecule is COC(=O)CCCCCO[C@@H]1O[C@H](CO)[C@@H](O[C@@H]2O[C@H](CO[C@]3(C(=O)O)C[C@H](O)[C@@H](NC(C)=O)C([C@H](O)[C@H](O)CNC(=O)c4ccc(-c5ccccc5)cc4)O3)[C@H](O)C(O)[C@H]2O)[C@H](O)[C@H]1NC(C)=O. The molecule has 24 nitrogen and oxygen atoms in total. The first-order valence-corrected chi connectivity index (χ1v) is 22.4. The van der Waals surface area contributed by atoms with Crippen LogP contribution in [0.5, 0.6) is 0 Å². The quantitative estimate of drug-likeness (QED) is 0.0408. The number of carbonyl (C=O) groups excluding carboxylic acids is 4. The van der Waals surface area contributed by atoms with Crippen molar-refractivity contribution in [3.63, 3.8) is 0 Å². The maximum atomic E-state index is 13.0. The van der Waals surface area contributed by atoms with Crippen LogP contribution in [-0.4, -0.2) is 207 Å². The second-order valence-electron chi connectivity index (χ2n) is 17.0. The van der Waals surface area contributed by atoms with Crippen molar-refractivity contribution in [2.45, 2.75) is 144 Å². The first-order valence-electron chi connectivity index (χ1n) is 22.4. The number of carboxylic acids is 1. The second kappa shape index (κ2) is 25.4. The molecule has 2 aromatic rings. The van der Waals surface area contributed by atoms with Gasteiger partial charge in [-0.2, -0.15) is 0 Å². The van der Waals surface area contributed by atoms with E-state index in [1.807, 2.05) is 30.3 Å². The number of amides is 3. The average molecular weight is 982 g/mol. The lowest BCUT2D eigenvalue weighted by Crippen LogP contribution is -2.69. The molecule has 3 amide bonds. The monoisotopic (exact) mass is 981 g/mol. The Kier molecular flexibility index (Phi) is 20.3. The minimum Gasteiger partial charge on any atom is -0.477 e. The molecule has 16 atom stereocenters. The molecule has 2 unspecified atom stereocenters. The van der Waals surface area contributed by atoms with E-state index in [1.165, 1.54) is 7.11 Å². The summed E-state index contributed by atoms with van der Waals surface area (Å²) in [7, 11) is 1.27. The summed E-state index contributed by atoms with van der Waals surface area (Å²) < 4.78 is 39.3. The molecule has 0 bridgehead atoms. The number of unbranched alkanes of at least 4 members (excludes halogenated alkanes) is 2. The number of carbonyl (C=O) groups is 5. The van der Waals surface area contributed by atoms with E-state index in [2.05, 4.69) is 20.7 Å². The van der Waals surface area contributed by atoms with Crippen LogP contribution >= 0.6 is 0 Å². The van der Waals surface area contributed by atoms with Crippen molar-refractivity contribution in [3.8, 4) is 11.1 Å². The fourth-order valence-corrected chi connectivity index (χ4v) is 8.19. The van der Waals surface area contributed by atoms with Gasteiger partial charge in [-0.25, -0.2) is 4.79 Å². The second-order valence-corrected chi connectivity index (χ2v) is 17.0. The zero-order chi connectivity index (χ0) is 50.6. The van der Waals surface area contributed by atoms with Crippen LogP contribution < -0.4 is 16.0 Å². The number of methoxy groups -OCH3 is 1. The number of hydrogen-bond acceptors (Lipinski definition) is 20. The van der Waals surface area contributed by atoms with Crippen LogP contribution in [0.1, 0.15) is 56.3 Å². The van der Waals surface area contributed by atoms with E-state index < -0.39 is 147 Å². The maximum absolute atomic E-state index is 13.0. The third-order valence-corrected chi connectivity index (χ3v) is 11.9. The Morgan fingerprint density at radius 2 is 1.42 bits per heavy atom. The van der Waals surface area contributed by atoms with Crippen LogP contribution in [0.15, 0.2) is 54.6 Å². The van der Waals surface area contributed by atoms with Crippen LogP contribution in [0.2, 0.25) is 0 Å². The third-order valence-electron chi connectivity index (χ3n) is 11.9. The summed E-state index contributed by atoms with van der Waals surface area (Å²) in [6.45, 7) is -0.172. The van der Waals surface area contributed by atoms with Crippen molar-refractivity contribution in [1.29, 1.82) is 0 Å². The van der Waals surface area contributed by atoms with E-state index in [-0.39, 0.29) is 24.6 Å². The van der Waals surface area contributed by atoms with Crippen molar-refractivity contribution >= 4 is 29.7 Å². The van der Waals surface area contributed by atoms with Crippen LogP contribution in [-0.2, 0) is 52.3 Å². The number of nitrogens with one attached hydrogen (secondary N) is 3. The number of benzene rings is 2. The molecule has 3 fully saturated rings. The average Bonchev–Trinajstić information content (AvgIpc) is 3.33. The van der Waals surface area contributed by atoms with Gasteiger partial charge in [0.25, 0.3) is 11.7 Å². The lowest BCUT2D eigenvalue weighted by molar-refractivity contribution is -0.360. The molecule has 69 heavy (non-hydrogen) atoms. The molecular formula is C45H63N3O21. The predicted molar refractivity (Wildman–Crippen MR) is 233 cm³/mol. The summed E-state index contributed by atoms with van der Waals surface area (Å²) in [4.78, 5) is 61.8. The van der Waals surface area contributed by atoms with Crippen molar-refractivity contribution in [2.24, 2.45) is 0 Å². The highest BCUT2D eigenvalue weighted by atomic mass is 16.8. The number of esters is 1. The summed E-state index contributed by atoms with van der Waals surface area (Å²) >= 11 is 0. The maximum Gasteiger partial charge on any atom is 0.364 e. The lowest BCUT2D eigenvalue weighted by atomic mass is 9.88. The molecule has 3 aliphatic rings. The van der Waals surface area contributed by atoms with Gasteiger partial charge in [-0.3, -0.25) is 19.2 Å². The molecule has 3 aliphatic heterocycles. The topological polar surface area (TPSA) is 368 Å². The number of aliphatic hydroxyl groups excluding tert-OH is 8. The molecule has 0 saturated carbocycles. The zero-order valence-corrected chi connectivity index (χ0v) is 38.1. The van der Waals surface area contributed by atoms with Gasteiger partial charge in [-0.1, -0.05) is 48.9 Å². The highest BCUT2D eigenvalue weighted by Gasteiger charge is 2.57. The van der Waals surface area contributed by atoms with E-state index in [0.29, 0.717) is 19.3 Å². The summed E-state index contributed by atoms with van der Waals surface area (Å²) in [6.07, 6.45) is -23.1. The van der Waals surface area contributed by atoms with Gasteiger partial charge in [0.2, 0.25) is 11.8 Å². The van der Waals surface area contributed by atoms with E-state index in [1.54, 1.807) is 24.3 Å². The molecule has 0 radical (unpaired) electrons. The number of carboxylic acid groups (broad SMARTS) is 1. The molecule has 3 heterocycles. The van der Waals surface area contributed by atoms with Gasteiger partial charge in [0.15, 0.2) is 12.6 Å². The highest BCUT2D eigenvalue weighted by molar-refractivity contribution is 5.94.